The van der Waals surface area contributed by atoms with Crippen LogP contribution >= 0.6 is 0 Å². The van der Waals surface area contributed by atoms with Crippen molar-refractivity contribution in [3.8, 4) is 0 Å². The van der Waals surface area contributed by atoms with Crippen molar-refractivity contribution in [2.45, 2.75) is 50.2 Å². The van der Waals surface area contributed by atoms with Crippen molar-refractivity contribution in [3.05, 3.63) is 34.9 Å². The number of carbonyl (C=O) groups is 4. The first-order chi connectivity index (χ1) is 14.0. The second-order valence-corrected chi connectivity index (χ2v) is 8.55. The summed E-state index contributed by atoms with van der Waals surface area (Å²) in [4.78, 5) is 50.2. The molecule has 5 rings (SSSR count). The number of carbonyl (C=O) groups excluding carboxylic acids is 4. The maximum absolute atomic E-state index is 12.9. The summed E-state index contributed by atoms with van der Waals surface area (Å²) in [6.07, 6.45) is 3.77. The van der Waals surface area contributed by atoms with Gasteiger partial charge < -0.3 is 10.6 Å². The molecule has 1 saturated carbocycles. The van der Waals surface area contributed by atoms with E-state index in [1.807, 2.05) is 6.07 Å². The second kappa shape index (κ2) is 6.74. The van der Waals surface area contributed by atoms with Gasteiger partial charge in [-0.3, -0.25) is 29.4 Å². The minimum absolute atomic E-state index is 0.122. The molecule has 1 aromatic rings. The molecule has 8 heteroatoms. The predicted octanol–water partition coefficient (Wildman–Crippen LogP) is 0.320. The predicted molar refractivity (Wildman–Crippen MR) is 103 cm³/mol. The molecule has 4 aliphatic rings. The van der Waals surface area contributed by atoms with Gasteiger partial charge in [-0.1, -0.05) is 6.07 Å². The average molecular weight is 396 g/mol. The standard InChI is InChI=1S/C21H24N4O4/c26-17-5-4-16(18(27)24-17)25-19(28)14-3-2-12(8-15(14)20(25)29)10-23-21-6-1-7-22-11-13(21)9-21/h2-3,8,13,16,22-23H,1,4-7,9-11H2,(H,24,26,27). The average Bonchev–Trinajstić information content (AvgIpc) is 3.37. The van der Waals surface area contributed by atoms with Gasteiger partial charge in [0.2, 0.25) is 11.8 Å². The molecule has 2 saturated heterocycles. The lowest BCUT2D eigenvalue weighted by Gasteiger charge is -2.27. The molecular formula is C21H24N4O4. The van der Waals surface area contributed by atoms with Crippen molar-refractivity contribution in [2.75, 3.05) is 13.1 Å². The number of benzene rings is 1. The molecule has 1 aliphatic carbocycles. The summed E-state index contributed by atoms with van der Waals surface area (Å²) in [7, 11) is 0. The molecule has 3 N–H and O–H groups in total. The highest BCUT2D eigenvalue weighted by molar-refractivity contribution is 6.23. The van der Waals surface area contributed by atoms with Crippen molar-refractivity contribution >= 4 is 23.6 Å². The number of fused-ring (bicyclic) bond motifs is 2. The van der Waals surface area contributed by atoms with Gasteiger partial charge in [-0.15, -0.1) is 0 Å². The molecule has 8 nitrogen and oxygen atoms in total. The molecule has 4 amide bonds. The Morgan fingerprint density at radius 2 is 1.97 bits per heavy atom. The lowest BCUT2D eigenvalue weighted by atomic mass is 10.0. The highest BCUT2D eigenvalue weighted by Crippen LogP contribution is 2.47. The number of hydrogen-bond donors (Lipinski definition) is 3. The van der Waals surface area contributed by atoms with E-state index in [-0.39, 0.29) is 24.3 Å². The van der Waals surface area contributed by atoms with E-state index in [9.17, 15) is 19.2 Å². The quantitative estimate of drug-likeness (QED) is 0.633. The van der Waals surface area contributed by atoms with Crippen molar-refractivity contribution < 1.29 is 19.2 Å². The number of nitrogens with zero attached hydrogens (tertiary/aromatic N) is 1. The van der Waals surface area contributed by atoms with Crippen LogP contribution in [0.4, 0.5) is 0 Å². The van der Waals surface area contributed by atoms with Gasteiger partial charge in [-0.05, 0) is 62.4 Å². The molecule has 0 aromatic heterocycles. The van der Waals surface area contributed by atoms with Crippen LogP contribution in [0.1, 0.15) is 58.4 Å². The fraction of sp³-hybridized carbons (Fsp3) is 0.524. The molecule has 3 aliphatic heterocycles. The van der Waals surface area contributed by atoms with E-state index in [0.717, 1.165) is 36.4 Å². The van der Waals surface area contributed by atoms with Crippen LogP contribution in [0.25, 0.3) is 0 Å². The number of rotatable bonds is 4. The maximum Gasteiger partial charge on any atom is 0.262 e. The number of imide groups is 2. The summed E-state index contributed by atoms with van der Waals surface area (Å²) in [6.45, 7) is 2.75. The fourth-order valence-electron chi connectivity index (χ4n) is 4.97. The van der Waals surface area contributed by atoms with E-state index < -0.39 is 23.8 Å². The van der Waals surface area contributed by atoms with Crippen LogP contribution in [0.15, 0.2) is 18.2 Å². The van der Waals surface area contributed by atoms with E-state index in [0.29, 0.717) is 23.6 Å². The molecule has 0 spiro atoms. The lowest BCUT2D eigenvalue weighted by molar-refractivity contribution is -0.136. The van der Waals surface area contributed by atoms with Crippen LogP contribution in [0.2, 0.25) is 0 Å². The van der Waals surface area contributed by atoms with Gasteiger partial charge in [-0.2, -0.15) is 0 Å². The van der Waals surface area contributed by atoms with Crippen LogP contribution in [-0.2, 0) is 16.1 Å². The van der Waals surface area contributed by atoms with Gasteiger partial charge in [0, 0.05) is 18.5 Å². The van der Waals surface area contributed by atoms with Gasteiger partial charge in [-0.25, -0.2) is 0 Å². The Hall–Kier alpha value is -2.58. The summed E-state index contributed by atoms with van der Waals surface area (Å²) >= 11 is 0. The molecule has 1 aromatic carbocycles. The summed E-state index contributed by atoms with van der Waals surface area (Å²) < 4.78 is 0. The number of hydrogen-bond acceptors (Lipinski definition) is 6. The topological polar surface area (TPSA) is 108 Å². The highest BCUT2D eigenvalue weighted by Gasteiger charge is 2.53. The van der Waals surface area contributed by atoms with Gasteiger partial charge in [0.25, 0.3) is 11.8 Å². The molecule has 3 atom stereocenters. The summed E-state index contributed by atoms with van der Waals surface area (Å²) in [5.74, 6) is -1.22. The van der Waals surface area contributed by atoms with E-state index in [1.54, 1.807) is 12.1 Å². The molecule has 3 unspecified atom stereocenters. The lowest BCUT2D eigenvalue weighted by Crippen LogP contribution is -2.54. The third-order valence-corrected chi connectivity index (χ3v) is 6.75. The third-order valence-electron chi connectivity index (χ3n) is 6.75. The van der Waals surface area contributed by atoms with Crippen LogP contribution in [0, 0.1) is 5.92 Å². The second-order valence-electron chi connectivity index (χ2n) is 8.55. The maximum atomic E-state index is 12.9. The van der Waals surface area contributed by atoms with Gasteiger partial charge in [0.05, 0.1) is 11.1 Å². The number of piperidine rings is 1. The van der Waals surface area contributed by atoms with Gasteiger partial charge >= 0.3 is 0 Å². The smallest absolute Gasteiger partial charge is 0.262 e. The summed E-state index contributed by atoms with van der Waals surface area (Å²) in [5.41, 5.74) is 1.81. The van der Waals surface area contributed by atoms with E-state index in [4.69, 9.17) is 0 Å². The molecular weight excluding hydrogens is 372 g/mol. The van der Waals surface area contributed by atoms with E-state index >= 15 is 0 Å². The zero-order valence-corrected chi connectivity index (χ0v) is 16.1. The largest absolute Gasteiger partial charge is 0.316 e. The molecule has 3 heterocycles. The zero-order valence-electron chi connectivity index (χ0n) is 16.1. The Labute approximate surface area is 168 Å². The molecule has 29 heavy (non-hydrogen) atoms. The Bertz CT molecular complexity index is 929. The van der Waals surface area contributed by atoms with Crippen LogP contribution in [0.5, 0.6) is 0 Å². The normalized spacial score (nSPS) is 31.2. The van der Waals surface area contributed by atoms with Crippen molar-refractivity contribution in [2.24, 2.45) is 5.92 Å². The number of amides is 4. The van der Waals surface area contributed by atoms with Gasteiger partial charge in [0.1, 0.15) is 6.04 Å². The van der Waals surface area contributed by atoms with Gasteiger partial charge in [0.15, 0.2) is 0 Å². The van der Waals surface area contributed by atoms with E-state index in [1.165, 1.54) is 6.42 Å². The first-order valence-corrected chi connectivity index (χ1v) is 10.3. The monoisotopic (exact) mass is 396 g/mol. The SMILES string of the molecule is O=C1CCC(N2C(=O)c3ccc(CNC45CCCNCC4C5)cc3C2=O)C(=O)N1. The number of nitrogens with one attached hydrogen (secondary N) is 3. The van der Waals surface area contributed by atoms with E-state index in [2.05, 4.69) is 16.0 Å². The Balaban J connectivity index is 1.32. The molecule has 0 radical (unpaired) electrons. The first kappa shape index (κ1) is 18.4. The highest BCUT2D eigenvalue weighted by atomic mass is 16.2. The fourth-order valence-corrected chi connectivity index (χ4v) is 4.97. The Morgan fingerprint density at radius 1 is 1.14 bits per heavy atom. The Kier molecular flexibility index (Phi) is 4.29. The molecule has 152 valence electrons. The first-order valence-electron chi connectivity index (χ1n) is 10.3. The zero-order chi connectivity index (χ0) is 20.2. The van der Waals surface area contributed by atoms with Crippen molar-refractivity contribution in [3.63, 3.8) is 0 Å². The Morgan fingerprint density at radius 3 is 2.79 bits per heavy atom. The van der Waals surface area contributed by atoms with Crippen LogP contribution < -0.4 is 16.0 Å². The van der Waals surface area contributed by atoms with Crippen molar-refractivity contribution in [1.82, 2.24) is 20.9 Å². The minimum atomic E-state index is -0.925. The third kappa shape index (κ3) is 3.07. The minimum Gasteiger partial charge on any atom is -0.316 e. The summed E-state index contributed by atoms with van der Waals surface area (Å²) in [6, 6.07) is 4.38. The van der Waals surface area contributed by atoms with Crippen molar-refractivity contribution in [1.29, 1.82) is 0 Å². The molecule has 0 bridgehead atoms. The van der Waals surface area contributed by atoms with Crippen LogP contribution in [0.3, 0.4) is 0 Å². The van der Waals surface area contributed by atoms with Crippen LogP contribution in [-0.4, -0.2) is 53.2 Å². The molecule has 3 fully saturated rings. The summed E-state index contributed by atoms with van der Waals surface area (Å²) in [5, 5.41) is 9.36.